The fourth-order valence-corrected chi connectivity index (χ4v) is 3.42. The van der Waals surface area contributed by atoms with Gasteiger partial charge in [0.15, 0.2) is 5.16 Å². The van der Waals surface area contributed by atoms with Crippen molar-refractivity contribution in [2.24, 2.45) is 5.92 Å². The van der Waals surface area contributed by atoms with Gasteiger partial charge in [-0.2, -0.15) is 0 Å². The third-order valence-electron chi connectivity index (χ3n) is 3.63. The summed E-state index contributed by atoms with van der Waals surface area (Å²) >= 11 is 1.72. The van der Waals surface area contributed by atoms with Gasteiger partial charge in [-0.05, 0) is 17.5 Å². The van der Waals surface area contributed by atoms with Crippen molar-refractivity contribution < 1.29 is 4.74 Å². The molecule has 124 valence electrons. The summed E-state index contributed by atoms with van der Waals surface area (Å²) in [4.78, 5) is 6.44. The molecule has 1 aliphatic heterocycles. The minimum Gasteiger partial charge on any atom is -0.378 e. The van der Waals surface area contributed by atoms with E-state index in [0.717, 1.165) is 49.7 Å². The molecule has 0 aromatic carbocycles. The first kappa shape index (κ1) is 16.3. The van der Waals surface area contributed by atoms with E-state index in [9.17, 15) is 0 Å². The fourth-order valence-electron chi connectivity index (χ4n) is 2.54. The van der Waals surface area contributed by atoms with Crippen LogP contribution in [0.2, 0.25) is 0 Å². The van der Waals surface area contributed by atoms with E-state index >= 15 is 0 Å². The molecule has 2 aromatic heterocycles. The summed E-state index contributed by atoms with van der Waals surface area (Å²) < 4.78 is 7.69. The average Bonchev–Trinajstić information content (AvgIpc) is 2.97. The predicted molar refractivity (Wildman–Crippen MR) is 91.7 cm³/mol. The molecule has 0 aliphatic carbocycles. The molecule has 0 spiro atoms. The summed E-state index contributed by atoms with van der Waals surface area (Å²) in [6.45, 7) is 8.64. The van der Waals surface area contributed by atoms with Crippen LogP contribution in [0.4, 0.5) is 5.95 Å². The lowest BCUT2D eigenvalue weighted by atomic mass is 10.2. The molecule has 7 heteroatoms. The monoisotopic (exact) mass is 333 g/mol. The Hall–Kier alpha value is -1.60. The van der Waals surface area contributed by atoms with Crippen molar-refractivity contribution in [3.05, 3.63) is 30.1 Å². The smallest absolute Gasteiger partial charge is 0.228 e. The van der Waals surface area contributed by atoms with Gasteiger partial charge in [-0.25, -0.2) is 0 Å². The van der Waals surface area contributed by atoms with Crippen molar-refractivity contribution >= 4 is 17.7 Å². The van der Waals surface area contributed by atoms with Crippen LogP contribution in [-0.4, -0.2) is 46.1 Å². The molecule has 0 radical (unpaired) electrons. The van der Waals surface area contributed by atoms with Gasteiger partial charge in [0.05, 0.1) is 13.2 Å². The molecule has 3 heterocycles. The molecule has 3 rings (SSSR count). The molecule has 1 saturated heterocycles. The Bertz CT molecular complexity index is 610. The van der Waals surface area contributed by atoms with Crippen LogP contribution < -0.4 is 4.90 Å². The first-order valence-electron chi connectivity index (χ1n) is 8.01. The number of hydrogen-bond donors (Lipinski definition) is 0. The van der Waals surface area contributed by atoms with Crippen molar-refractivity contribution in [3.8, 4) is 0 Å². The van der Waals surface area contributed by atoms with Crippen LogP contribution in [0.1, 0.15) is 19.4 Å². The third-order valence-corrected chi connectivity index (χ3v) is 4.67. The maximum atomic E-state index is 5.44. The van der Waals surface area contributed by atoms with Crippen molar-refractivity contribution in [2.45, 2.75) is 31.3 Å². The first-order chi connectivity index (χ1) is 11.2. The Balaban J connectivity index is 1.77. The van der Waals surface area contributed by atoms with Gasteiger partial charge in [-0.3, -0.25) is 9.55 Å². The number of pyridine rings is 1. The number of aromatic nitrogens is 4. The van der Waals surface area contributed by atoms with Gasteiger partial charge in [-0.1, -0.05) is 31.7 Å². The fraction of sp³-hybridized carbons (Fsp3) is 0.562. The number of nitrogens with zero attached hydrogens (tertiary/aromatic N) is 5. The lowest BCUT2D eigenvalue weighted by molar-refractivity contribution is 0.121. The van der Waals surface area contributed by atoms with E-state index in [1.54, 1.807) is 18.0 Å². The molecule has 2 aromatic rings. The molecule has 23 heavy (non-hydrogen) atoms. The summed E-state index contributed by atoms with van der Waals surface area (Å²) in [7, 11) is 0. The molecule has 0 N–H and O–H groups in total. The molecule has 1 fully saturated rings. The maximum absolute atomic E-state index is 5.44. The molecular formula is C16H23N5OS. The lowest BCUT2D eigenvalue weighted by Crippen LogP contribution is -2.38. The van der Waals surface area contributed by atoms with E-state index in [1.807, 2.05) is 12.3 Å². The normalized spacial score (nSPS) is 15.3. The number of ether oxygens (including phenoxy) is 1. The highest BCUT2D eigenvalue weighted by Gasteiger charge is 2.21. The number of thioether (sulfide) groups is 1. The maximum Gasteiger partial charge on any atom is 0.228 e. The molecule has 0 bridgehead atoms. The summed E-state index contributed by atoms with van der Waals surface area (Å²) in [5.74, 6) is 2.37. The molecular weight excluding hydrogens is 310 g/mol. The van der Waals surface area contributed by atoms with E-state index in [4.69, 9.17) is 4.74 Å². The topological polar surface area (TPSA) is 56.1 Å². The molecule has 0 saturated carbocycles. The molecule has 0 atom stereocenters. The summed E-state index contributed by atoms with van der Waals surface area (Å²) in [5, 5.41) is 9.86. The quantitative estimate of drug-likeness (QED) is 0.757. The van der Waals surface area contributed by atoms with E-state index in [2.05, 4.69) is 44.6 Å². The zero-order valence-corrected chi connectivity index (χ0v) is 14.5. The second-order valence-corrected chi connectivity index (χ2v) is 6.98. The predicted octanol–water partition coefficient (Wildman–Crippen LogP) is 2.46. The Labute approximate surface area is 141 Å². The van der Waals surface area contributed by atoms with Crippen LogP contribution in [0, 0.1) is 5.92 Å². The van der Waals surface area contributed by atoms with Crippen molar-refractivity contribution in [2.75, 3.05) is 31.2 Å². The summed E-state index contributed by atoms with van der Waals surface area (Å²) in [5.41, 5.74) is 1.20. The standard InChI is InChI=1S/C16H23N5OS/c1-13(2)11-21-15(20-6-8-22-9-7-20)18-19-16(21)23-12-14-4-3-5-17-10-14/h3-5,10,13H,6-9,11-12H2,1-2H3. The van der Waals surface area contributed by atoms with Crippen LogP contribution >= 0.6 is 11.8 Å². The molecule has 1 aliphatic rings. The van der Waals surface area contributed by atoms with E-state index in [1.165, 1.54) is 5.56 Å². The number of hydrogen-bond acceptors (Lipinski definition) is 6. The number of anilines is 1. The summed E-state index contributed by atoms with van der Waals surface area (Å²) in [6, 6.07) is 4.06. The van der Waals surface area contributed by atoms with E-state index < -0.39 is 0 Å². The largest absolute Gasteiger partial charge is 0.378 e. The van der Waals surface area contributed by atoms with Gasteiger partial charge >= 0.3 is 0 Å². The number of morpholine rings is 1. The lowest BCUT2D eigenvalue weighted by Gasteiger charge is -2.28. The van der Waals surface area contributed by atoms with Gasteiger partial charge in [0.25, 0.3) is 0 Å². The second-order valence-electron chi connectivity index (χ2n) is 6.04. The van der Waals surface area contributed by atoms with Crippen LogP contribution in [0.25, 0.3) is 0 Å². The van der Waals surface area contributed by atoms with Gasteiger partial charge in [-0.15, -0.1) is 10.2 Å². The Morgan fingerprint density at radius 2 is 2.09 bits per heavy atom. The SMILES string of the molecule is CC(C)Cn1c(SCc2cccnc2)nnc1N1CCOCC1. The van der Waals surface area contributed by atoms with Crippen LogP contribution in [0.3, 0.4) is 0 Å². The highest BCUT2D eigenvalue weighted by molar-refractivity contribution is 7.98. The van der Waals surface area contributed by atoms with Gasteiger partial charge in [0.2, 0.25) is 5.95 Å². The van der Waals surface area contributed by atoms with E-state index in [0.29, 0.717) is 5.92 Å². The Kier molecular flexibility index (Phi) is 5.51. The van der Waals surface area contributed by atoms with E-state index in [-0.39, 0.29) is 0 Å². The highest BCUT2D eigenvalue weighted by atomic mass is 32.2. The minimum absolute atomic E-state index is 0.545. The van der Waals surface area contributed by atoms with Crippen LogP contribution in [-0.2, 0) is 17.0 Å². The van der Waals surface area contributed by atoms with Gasteiger partial charge in [0, 0.05) is 37.8 Å². The van der Waals surface area contributed by atoms with Gasteiger partial charge in [0.1, 0.15) is 0 Å². The minimum atomic E-state index is 0.545. The molecule has 0 amide bonds. The number of rotatable bonds is 6. The molecule has 6 nitrogen and oxygen atoms in total. The van der Waals surface area contributed by atoms with Crippen molar-refractivity contribution in [1.82, 2.24) is 19.7 Å². The average molecular weight is 333 g/mol. The zero-order valence-electron chi connectivity index (χ0n) is 13.7. The highest BCUT2D eigenvalue weighted by Crippen LogP contribution is 2.26. The summed E-state index contributed by atoms with van der Waals surface area (Å²) in [6.07, 6.45) is 3.70. The van der Waals surface area contributed by atoms with Crippen LogP contribution in [0.15, 0.2) is 29.7 Å². The van der Waals surface area contributed by atoms with Gasteiger partial charge < -0.3 is 9.64 Å². The Morgan fingerprint density at radius 3 is 2.78 bits per heavy atom. The third kappa shape index (κ3) is 4.23. The van der Waals surface area contributed by atoms with Crippen molar-refractivity contribution in [1.29, 1.82) is 0 Å². The van der Waals surface area contributed by atoms with Crippen molar-refractivity contribution in [3.63, 3.8) is 0 Å². The Morgan fingerprint density at radius 1 is 1.26 bits per heavy atom. The molecule has 0 unspecified atom stereocenters. The zero-order chi connectivity index (χ0) is 16.1. The second kappa shape index (κ2) is 7.79. The van der Waals surface area contributed by atoms with Crippen LogP contribution in [0.5, 0.6) is 0 Å². The first-order valence-corrected chi connectivity index (χ1v) is 9.00.